The van der Waals surface area contributed by atoms with Crippen molar-refractivity contribution in [3.63, 3.8) is 0 Å². The van der Waals surface area contributed by atoms with E-state index in [2.05, 4.69) is 15.5 Å². The molecular weight excluding hydrogens is 690 g/mol. The van der Waals surface area contributed by atoms with Crippen LogP contribution in [-0.2, 0) is 0 Å². The molecule has 0 saturated heterocycles. The standard InChI is InChI=1S/C39H51N9O6/c1-4-7-10-13-46-31-19-25(34(40)43-52)17-29(22-31)38(50)48(15-12-9-6-3)33-21-27(36(42)45-54)18-30(24-33)39(51)47(14-11-8-5-2)32-20-26(35(41)44-53)16-28(23-32)37(46)49/h16-24,52-54H,4-15H2,1-3H3,(H2,40,43)(H2,41,44)(H2,42,45). The van der Waals surface area contributed by atoms with E-state index in [1.807, 2.05) is 20.8 Å². The van der Waals surface area contributed by atoms with E-state index < -0.39 is 17.7 Å². The van der Waals surface area contributed by atoms with Crippen molar-refractivity contribution in [2.75, 3.05) is 34.3 Å². The SMILES string of the molecule is CCCCCN1C(=O)c2cc(/C(N)=N/O)cc(c2)N(CCCCC)C(=O)c2cc(/C(N)=N/O)cc(c2)N(CCCCC)C(=O)c2cc(/C(N)=N/O)cc1c2. The summed E-state index contributed by atoms with van der Waals surface area (Å²) in [6.07, 6.45) is 6.83. The van der Waals surface area contributed by atoms with Gasteiger partial charge in [0.15, 0.2) is 17.5 Å². The lowest BCUT2D eigenvalue weighted by atomic mass is 10.0. The predicted molar refractivity (Wildman–Crippen MR) is 210 cm³/mol. The van der Waals surface area contributed by atoms with Gasteiger partial charge in [0.1, 0.15) is 0 Å². The number of amides is 3. The predicted octanol–water partition coefficient (Wildman–Crippen LogP) is 5.79. The number of fused-ring (bicyclic) bond motifs is 6. The summed E-state index contributed by atoms with van der Waals surface area (Å²) in [7, 11) is 0. The van der Waals surface area contributed by atoms with E-state index in [0.29, 0.717) is 36.3 Å². The molecule has 1 heterocycles. The van der Waals surface area contributed by atoms with Crippen LogP contribution in [0.5, 0.6) is 0 Å². The molecule has 0 radical (unpaired) electrons. The van der Waals surface area contributed by atoms with Crippen molar-refractivity contribution in [2.45, 2.75) is 78.6 Å². The molecule has 0 saturated carbocycles. The second-order valence-corrected chi connectivity index (χ2v) is 13.3. The highest BCUT2D eigenvalue weighted by Crippen LogP contribution is 2.31. The zero-order valence-electron chi connectivity index (χ0n) is 31.2. The van der Waals surface area contributed by atoms with Gasteiger partial charge >= 0.3 is 0 Å². The van der Waals surface area contributed by atoms with Crippen molar-refractivity contribution < 1.29 is 30.0 Å². The zero-order chi connectivity index (χ0) is 39.4. The quantitative estimate of drug-likeness (QED) is 0.0363. The third-order valence-electron chi connectivity index (χ3n) is 9.33. The molecule has 0 aromatic heterocycles. The highest BCUT2D eigenvalue weighted by molar-refractivity contribution is 6.15. The molecule has 1 aliphatic rings. The molecule has 9 N–H and O–H groups in total. The summed E-state index contributed by atoms with van der Waals surface area (Å²) in [5, 5.41) is 38.7. The maximum atomic E-state index is 14.8. The lowest BCUT2D eigenvalue weighted by Gasteiger charge is -2.27. The Hall–Kier alpha value is -6.12. The van der Waals surface area contributed by atoms with Gasteiger partial charge in [0, 0.05) is 70.1 Å². The van der Waals surface area contributed by atoms with Crippen LogP contribution in [0.2, 0.25) is 0 Å². The summed E-state index contributed by atoms with van der Waals surface area (Å²) < 4.78 is 0. The van der Waals surface area contributed by atoms with Gasteiger partial charge in [-0.25, -0.2) is 0 Å². The minimum atomic E-state index is -0.486. The van der Waals surface area contributed by atoms with Gasteiger partial charge in [-0.2, -0.15) is 0 Å². The Morgan fingerprint density at radius 3 is 0.944 bits per heavy atom. The van der Waals surface area contributed by atoms with Gasteiger partial charge in [-0.15, -0.1) is 0 Å². The Balaban J connectivity index is 2.16. The molecule has 6 bridgehead atoms. The van der Waals surface area contributed by atoms with Crippen molar-refractivity contribution in [1.29, 1.82) is 0 Å². The summed E-state index contributed by atoms with van der Waals surface area (Å²) in [4.78, 5) is 48.8. The van der Waals surface area contributed by atoms with Gasteiger partial charge in [-0.05, 0) is 73.9 Å². The fourth-order valence-corrected chi connectivity index (χ4v) is 6.36. The number of nitrogens with two attached hydrogens (primary N) is 3. The molecule has 54 heavy (non-hydrogen) atoms. The van der Waals surface area contributed by atoms with Gasteiger partial charge in [0.2, 0.25) is 0 Å². The first-order valence-corrected chi connectivity index (χ1v) is 18.4. The lowest BCUT2D eigenvalue weighted by molar-refractivity contribution is 0.0975. The van der Waals surface area contributed by atoms with Crippen LogP contribution < -0.4 is 31.9 Å². The first-order chi connectivity index (χ1) is 26.0. The monoisotopic (exact) mass is 741 g/mol. The maximum Gasteiger partial charge on any atom is 0.258 e. The number of rotatable bonds is 15. The average Bonchev–Trinajstić information content (AvgIpc) is 3.20. The van der Waals surface area contributed by atoms with Crippen molar-refractivity contribution in [3.05, 3.63) is 88.0 Å². The molecule has 0 fully saturated rings. The summed E-state index contributed by atoms with van der Waals surface area (Å²) in [5.41, 5.74) is 20.3. The lowest BCUT2D eigenvalue weighted by Crippen LogP contribution is -2.35. The van der Waals surface area contributed by atoms with Crippen molar-refractivity contribution in [3.8, 4) is 0 Å². The van der Waals surface area contributed by atoms with Crippen LogP contribution in [0.25, 0.3) is 0 Å². The molecule has 15 nitrogen and oxygen atoms in total. The Morgan fingerprint density at radius 2 is 0.722 bits per heavy atom. The van der Waals surface area contributed by atoms with Gasteiger partial charge in [-0.1, -0.05) is 74.8 Å². The molecule has 1 aliphatic heterocycles. The number of amidine groups is 3. The summed E-state index contributed by atoms with van der Waals surface area (Å²) in [6.45, 7) is 6.83. The molecule has 3 amide bonds. The van der Waals surface area contributed by atoms with Crippen molar-refractivity contribution in [2.24, 2.45) is 32.7 Å². The largest absolute Gasteiger partial charge is 0.409 e. The molecule has 15 heteroatoms. The fourth-order valence-electron chi connectivity index (χ4n) is 6.36. The van der Waals surface area contributed by atoms with Crippen LogP contribution in [0.3, 0.4) is 0 Å². The van der Waals surface area contributed by atoms with Gasteiger partial charge in [0.25, 0.3) is 17.7 Å². The van der Waals surface area contributed by atoms with E-state index in [-0.39, 0.29) is 70.5 Å². The van der Waals surface area contributed by atoms with Gasteiger partial charge in [-0.3, -0.25) is 14.4 Å². The normalized spacial score (nSPS) is 14.4. The van der Waals surface area contributed by atoms with E-state index in [9.17, 15) is 30.0 Å². The molecule has 0 aliphatic carbocycles. The van der Waals surface area contributed by atoms with Crippen LogP contribution in [0.4, 0.5) is 17.1 Å². The minimum absolute atomic E-state index is 0.128. The van der Waals surface area contributed by atoms with Crippen LogP contribution in [0.1, 0.15) is 126 Å². The summed E-state index contributed by atoms with van der Waals surface area (Å²) in [6, 6.07) is 13.9. The van der Waals surface area contributed by atoms with Gasteiger partial charge in [0.05, 0.1) is 0 Å². The topological polar surface area (TPSA) is 237 Å². The second kappa shape index (κ2) is 19.1. The minimum Gasteiger partial charge on any atom is -0.409 e. The molecule has 3 aromatic carbocycles. The molecule has 0 spiro atoms. The van der Waals surface area contributed by atoms with E-state index >= 15 is 0 Å². The number of oxime groups is 3. The van der Waals surface area contributed by atoms with E-state index in [0.717, 1.165) is 38.5 Å². The van der Waals surface area contributed by atoms with E-state index in [1.54, 1.807) is 36.4 Å². The van der Waals surface area contributed by atoms with Crippen LogP contribution in [0, 0.1) is 0 Å². The molecule has 0 unspecified atom stereocenters. The molecular formula is C39H51N9O6. The first kappa shape index (κ1) is 40.6. The second-order valence-electron chi connectivity index (χ2n) is 13.3. The maximum absolute atomic E-state index is 14.8. The molecule has 3 aromatic rings. The molecule has 0 atom stereocenters. The zero-order valence-corrected chi connectivity index (χ0v) is 31.2. The third-order valence-corrected chi connectivity index (χ3v) is 9.33. The first-order valence-electron chi connectivity index (χ1n) is 18.4. The number of anilines is 3. The number of carbonyl (C=O) groups is 3. The summed E-state index contributed by atoms with van der Waals surface area (Å²) >= 11 is 0. The number of hydrogen-bond donors (Lipinski definition) is 6. The third kappa shape index (κ3) is 9.45. The van der Waals surface area contributed by atoms with Crippen molar-refractivity contribution >= 4 is 52.3 Å². The van der Waals surface area contributed by atoms with Crippen LogP contribution in [0.15, 0.2) is 70.1 Å². The van der Waals surface area contributed by atoms with Crippen molar-refractivity contribution in [1.82, 2.24) is 0 Å². The van der Waals surface area contributed by atoms with E-state index in [4.69, 9.17) is 17.2 Å². The number of hydrogen-bond acceptors (Lipinski definition) is 9. The highest BCUT2D eigenvalue weighted by Gasteiger charge is 2.28. The number of carbonyl (C=O) groups excluding carboxylic acids is 3. The van der Waals surface area contributed by atoms with Crippen LogP contribution in [-0.4, -0.2) is 70.5 Å². The molecule has 288 valence electrons. The molecule has 4 rings (SSSR count). The Kier molecular flexibility index (Phi) is 14.4. The van der Waals surface area contributed by atoms with E-state index in [1.165, 1.54) is 32.9 Å². The number of benzene rings is 3. The highest BCUT2D eigenvalue weighted by atomic mass is 16.4. The number of unbranched alkanes of at least 4 members (excludes halogenated alkanes) is 6. The smallest absolute Gasteiger partial charge is 0.258 e. The Morgan fingerprint density at radius 1 is 0.463 bits per heavy atom. The fraction of sp³-hybridized carbons (Fsp3) is 0.385. The number of nitrogens with zero attached hydrogens (tertiary/aromatic N) is 6. The van der Waals surface area contributed by atoms with Gasteiger partial charge < -0.3 is 47.5 Å². The Labute approximate surface area is 315 Å². The van der Waals surface area contributed by atoms with Crippen LogP contribution >= 0.6 is 0 Å². The average molecular weight is 742 g/mol. The summed E-state index contributed by atoms with van der Waals surface area (Å²) in [5.74, 6) is -2.28. The Bertz CT molecular complexity index is 1710.